The van der Waals surface area contributed by atoms with Crippen molar-refractivity contribution in [3.8, 4) is 11.5 Å². The van der Waals surface area contributed by atoms with Gasteiger partial charge in [0.25, 0.3) is 5.91 Å². The number of nitrogens with one attached hydrogen (secondary N) is 1. The zero-order valence-corrected chi connectivity index (χ0v) is 16.5. The first-order chi connectivity index (χ1) is 12.7. The van der Waals surface area contributed by atoms with Crippen molar-refractivity contribution in [3.63, 3.8) is 0 Å². The Bertz CT molecular complexity index is 913. The van der Waals surface area contributed by atoms with Gasteiger partial charge in [0.2, 0.25) is 0 Å². The highest BCUT2D eigenvalue weighted by atomic mass is 35.5. The second-order valence-corrected chi connectivity index (χ2v) is 7.35. The molecule has 0 unspecified atom stereocenters. The minimum atomic E-state index is -0.157. The van der Waals surface area contributed by atoms with Gasteiger partial charge >= 0.3 is 0 Å². The smallest absolute Gasteiger partial charge is 0.257 e. The summed E-state index contributed by atoms with van der Waals surface area (Å²) in [4.78, 5) is 20.5. The Morgan fingerprint density at radius 1 is 1.11 bits per heavy atom. The normalized spacial score (nSPS) is 13.4. The lowest BCUT2D eigenvalue weighted by molar-refractivity contribution is 0.102. The van der Waals surface area contributed by atoms with E-state index in [1.54, 1.807) is 35.6 Å². The maximum atomic E-state index is 12.5. The van der Waals surface area contributed by atoms with Crippen LogP contribution in [0.4, 0.5) is 5.13 Å². The third-order valence-corrected chi connectivity index (χ3v) is 5.24. The first-order valence-corrected chi connectivity index (χ1v) is 9.30. The van der Waals surface area contributed by atoms with Crippen LogP contribution >= 0.6 is 23.7 Å². The van der Waals surface area contributed by atoms with Gasteiger partial charge in [-0.3, -0.25) is 10.1 Å². The summed E-state index contributed by atoms with van der Waals surface area (Å²) >= 11 is 1.56. The average molecular weight is 402 g/mol. The quantitative estimate of drug-likeness (QED) is 0.694. The second kappa shape index (κ2) is 8.52. The molecule has 1 N–H and O–H groups in total. The van der Waals surface area contributed by atoms with E-state index in [1.165, 1.54) is 4.88 Å². The molecule has 140 valence electrons. The summed E-state index contributed by atoms with van der Waals surface area (Å²) in [6, 6.07) is 16.7. The average Bonchev–Trinajstić information content (AvgIpc) is 3.04. The lowest BCUT2D eigenvalue weighted by atomic mass is 10.2. The molecule has 2 aromatic carbocycles. The molecule has 27 heavy (non-hydrogen) atoms. The number of rotatable bonds is 4. The molecule has 4 rings (SSSR count). The number of amides is 1. The molecular weight excluding hydrogens is 382 g/mol. The molecule has 0 aliphatic carbocycles. The van der Waals surface area contributed by atoms with Crippen LogP contribution in [-0.2, 0) is 13.0 Å². The predicted molar refractivity (Wildman–Crippen MR) is 110 cm³/mol. The molecule has 2 heterocycles. The Balaban J connectivity index is 0.00000210. The number of halogens is 1. The van der Waals surface area contributed by atoms with Crippen molar-refractivity contribution < 1.29 is 9.53 Å². The van der Waals surface area contributed by atoms with Crippen molar-refractivity contribution in [2.75, 3.05) is 18.9 Å². The van der Waals surface area contributed by atoms with E-state index in [9.17, 15) is 4.79 Å². The highest BCUT2D eigenvalue weighted by Gasteiger charge is 2.19. The van der Waals surface area contributed by atoms with Crippen LogP contribution in [0.25, 0.3) is 0 Å². The first kappa shape index (κ1) is 19.4. The molecule has 7 heteroatoms. The zero-order chi connectivity index (χ0) is 17.9. The summed E-state index contributed by atoms with van der Waals surface area (Å²) in [6.07, 6.45) is 0.934. The molecule has 0 saturated heterocycles. The van der Waals surface area contributed by atoms with E-state index in [0.717, 1.165) is 31.0 Å². The third kappa shape index (κ3) is 4.66. The van der Waals surface area contributed by atoms with E-state index >= 15 is 0 Å². The molecule has 0 atom stereocenters. The van der Waals surface area contributed by atoms with Crippen molar-refractivity contribution in [1.82, 2.24) is 9.88 Å². The van der Waals surface area contributed by atoms with E-state index in [-0.39, 0.29) is 18.3 Å². The molecule has 0 radical (unpaired) electrons. The highest BCUT2D eigenvalue weighted by Crippen LogP contribution is 2.28. The first-order valence-electron chi connectivity index (χ1n) is 8.49. The highest BCUT2D eigenvalue weighted by molar-refractivity contribution is 7.15. The van der Waals surface area contributed by atoms with E-state index in [2.05, 4.69) is 22.2 Å². The number of thiazole rings is 1. The molecule has 0 saturated carbocycles. The van der Waals surface area contributed by atoms with Crippen LogP contribution in [0.2, 0.25) is 0 Å². The van der Waals surface area contributed by atoms with Crippen LogP contribution in [0.5, 0.6) is 11.5 Å². The van der Waals surface area contributed by atoms with Gasteiger partial charge in [0.1, 0.15) is 11.5 Å². The van der Waals surface area contributed by atoms with Gasteiger partial charge in [-0.15, -0.1) is 23.7 Å². The lowest BCUT2D eigenvalue weighted by Gasteiger charge is -2.20. The van der Waals surface area contributed by atoms with E-state index in [4.69, 9.17) is 4.74 Å². The summed E-state index contributed by atoms with van der Waals surface area (Å²) in [5.74, 6) is 1.30. The lowest BCUT2D eigenvalue weighted by Crippen LogP contribution is -2.25. The number of nitrogens with zero attached hydrogens (tertiary/aromatic N) is 2. The molecule has 0 spiro atoms. The number of ether oxygens (including phenoxy) is 1. The molecule has 1 amide bonds. The van der Waals surface area contributed by atoms with Crippen molar-refractivity contribution in [2.24, 2.45) is 0 Å². The fraction of sp³-hybridized carbons (Fsp3) is 0.200. The zero-order valence-electron chi connectivity index (χ0n) is 14.8. The minimum absolute atomic E-state index is 0. The maximum Gasteiger partial charge on any atom is 0.257 e. The number of hydrogen-bond donors (Lipinski definition) is 1. The SMILES string of the molecule is CN1CCc2nc(NC(=O)c3ccc(Oc4ccccc4)cc3)sc2C1.Cl. The van der Waals surface area contributed by atoms with Crippen LogP contribution in [0.15, 0.2) is 54.6 Å². The number of likely N-dealkylation sites (N-methyl/N-ethyl adjacent to an activating group) is 1. The monoisotopic (exact) mass is 401 g/mol. The van der Waals surface area contributed by atoms with Crippen LogP contribution in [-0.4, -0.2) is 29.4 Å². The van der Waals surface area contributed by atoms with E-state index in [0.29, 0.717) is 16.4 Å². The van der Waals surface area contributed by atoms with Gasteiger partial charge in [0.05, 0.1) is 5.69 Å². The Kier molecular flexibility index (Phi) is 6.11. The standard InChI is InChI=1S/C20H19N3O2S.ClH/c1-23-12-11-17-18(13-23)26-20(21-17)22-19(24)14-7-9-16(10-8-14)25-15-5-3-2-4-6-15;/h2-10H,11-13H2,1H3,(H,21,22,24);1H. The Hall–Kier alpha value is -2.41. The topological polar surface area (TPSA) is 54.5 Å². The van der Waals surface area contributed by atoms with Crippen LogP contribution < -0.4 is 10.1 Å². The number of carbonyl (C=O) groups is 1. The number of carbonyl (C=O) groups excluding carboxylic acids is 1. The van der Waals surface area contributed by atoms with Gasteiger partial charge in [-0.25, -0.2) is 4.98 Å². The summed E-state index contributed by atoms with van der Waals surface area (Å²) < 4.78 is 5.75. The molecule has 1 aliphatic rings. The summed E-state index contributed by atoms with van der Waals surface area (Å²) in [7, 11) is 2.10. The van der Waals surface area contributed by atoms with Gasteiger partial charge in [0, 0.05) is 30.0 Å². The van der Waals surface area contributed by atoms with Crippen LogP contribution in [0, 0.1) is 0 Å². The molecule has 1 aliphatic heterocycles. The molecular formula is C20H20ClN3O2S. The maximum absolute atomic E-state index is 12.5. The Morgan fingerprint density at radius 2 is 1.81 bits per heavy atom. The Labute approximate surface area is 168 Å². The van der Waals surface area contributed by atoms with Crippen molar-refractivity contribution in [3.05, 3.63) is 70.7 Å². The molecule has 1 aromatic heterocycles. The van der Waals surface area contributed by atoms with Crippen LogP contribution in [0.1, 0.15) is 20.9 Å². The van der Waals surface area contributed by atoms with Gasteiger partial charge < -0.3 is 9.64 Å². The third-order valence-electron chi connectivity index (χ3n) is 4.24. The molecule has 0 fully saturated rings. The van der Waals surface area contributed by atoms with Crippen molar-refractivity contribution in [1.29, 1.82) is 0 Å². The summed E-state index contributed by atoms with van der Waals surface area (Å²) in [6.45, 7) is 1.90. The predicted octanol–water partition coefficient (Wildman–Crippen LogP) is 4.60. The van der Waals surface area contributed by atoms with E-state index < -0.39 is 0 Å². The van der Waals surface area contributed by atoms with E-state index in [1.807, 2.05) is 30.3 Å². The summed E-state index contributed by atoms with van der Waals surface area (Å²) in [5.41, 5.74) is 1.69. The fourth-order valence-corrected chi connectivity index (χ4v) is 3.93. The molecule has 3 aromatic rings. The number of anilines is 1. The minimum Gasteiger partial charge on any atom is -0.457 e. The van der Waals surface area contributed by atoms with Gasteiger partial charge in [0.15, 0.2) is 5.13 Å². The second-order valence-electron chi connectivity index (χ2n) is 6.27. The van der Waals surface area contributed by atoms with Crippen molar-refractivity contribution >= 4 is 34.8 Å². The fourth-order valence-electron chi connectivity index (χ4n) is 2.84. The number of aromatic nitrogens is 1. The molecule has 5 nitrogen and oxygen atoms in total. The van der Waals surface area contributed by atoms with Gasteiger partial charge in [-0.05, 0) is 43.4 Å². The van der Waals surface area contributed by atoms with Gasteiger partial charge in [-0.1, -0.05) is 18.2 Å². The number of fused-ring (bicyclic) bond motifs is 1. The number of benzene rings is 2. The summed E-state index contributed by atoms with van der Waals surface area (Å²) in [5, 5.41) is 3.58. The number of hydrogen-bond acceptors (Lipinski definition) is 5. The Morgan fingerprint density at radius 3 is 2.56 bits per heavy atom. The molecule has 0 bridgehead atoms. The number of para-hydroxylation sites is 1. The van der Waals surface area contributed by atoms with Crippen LogP contribution in [0.3, 0.4) is 0 Å². The largest absolute Gasteiger partial charge is 0.457 e. The van der Waals surface area contributed by atoms with Crippen molar-refractivity contribution in [2.45, 2.75) is 13.0 Å². The van der Waals surface area contributed by atoms with Gasteiger partial charge in [-0.2, -0.15) is 0 Å².